The van der Waals surface area contributed by atoms with Crippen LogP contribution in [-0.4, -0.2) is 51.4 Å². The van der Waals surface area contributed by atoms with Crippen molar-refractivity contribution in [1.82, 2.24) is 4.31 Å². The number of quaternary nitrogens is 1. The molecule has 6 nitrogen and oxygen atoms in total. The lowest BCUT2D eigenvalue weighted by atomic mass is 10.1. The van der Waals surface area contributed by atoms with Crippen LogP contribution >= 0.6 is 11.6 Å². The van der Waals surface area contributed by atoms with Crippen LogP contribution in [0, 0.1) is 19.7 Å². The van der Waals surface area contributed by atoms with Crippen LogP contribution in [0.25, 0.3) is 0 Å². The van der Waals surface area contributed by atoms with Crippen molar-refractivity contribution in [3.8, 4) is 0 Å². The monoisotopic (exact) mass is 440 g/mol. The SMILES string of the molecule is Cc1ccc(S(=O)(=O)N2CC[NH+](CC(=O)Nc3ccc(Cl)cc3F)CC2)cc1C. The second-order valence-electron chi connectivity index (χ2n) is 7.25. The lowest BCUT2D eigenvalue weighted by Crippen LogP contribution is -3.15. The molecule has 3 rings (SSSR count). The predicted octanol–water partition coefficient (Wildman–Crippen LogP) is 1.62. The fourth-order valence-corrected chi connectivity index (χ4v) is 4.94. The van der Waals surface area contributed by atoms with Crippen LogP contribution in [0.1, 0.15) is 11.1 Å². The van der Waals surface area contributed by atoms with Gasteiger partial charge < -0.3 is 10.2 Å². The smallest absolute Gasteiger partial charge is 0.279 e. The number of sulfonamides is 1. The molecule has 1 saturated heterocycles. The van der Waals surface area contributed by atoms with Crippen molar-refractivity contribution >= 4 is 33.2 Å². The molecule has 0 spiro atoms. The molecule has 0 saturated carbocycles. The van der Waals surface area contributed by atoms with Crippen LogP contribution in [0.2, 0.25) is 5.02 Å². The minimum absolute atomic E-state index is 0.0785. The highest BCUT2D eigenvalue weighted by Gasteiger charge is 2.31. The van der Waals surface area contributed by atoms with Gasteiger partial charge in [-0.3, -0.25) is 4.79 Å². The normalized spacial score (nSPS) is 16.0. The van der Waals surface area contributed by atoms with E-state index in [-0.39, 0.29) is 23.2 Å². The number of nitrogens with zero attached hydrogens (tertiary/aromatic N) is 1. The van der Waals surface area contributed by atoms with Gasteiger partial charge in [-0.2, -0.15) is 4.31 Å². The maximum atomic E-state index is 13.8. The number of nitrogens with one attached hydrogen (secondary N) is 2. The minimum Gasteiger partial charge on any atom is -0.325 e. The highest BCUT2D eigenvalue weighted by molar-refractivity contribution is 7.89. The third-order valence-corrected chi connectivity index (χ3v) is 7.29. The van der Waals surface area contributed by atoms with Gasteiger partial charge in [0.1, 0.15) is 5.82 Å². The molecule has 2 aromatic carbocycles. The van der Waals surface area contributed by atoms with Crippen LogP contribution in [0.5, 0.6) is 0 Å². The molecule has 9 heteroatoms. The summed E-state index contributed by atoms with van der Waals surface area (Å²) >= 11 is 5.71. The average Bonchev–Trinajstić information content (AvgIpc) is 2.66. The number of amides is 1. The Kier molecular flexibility index (Phi) is 6.58. The summed E-state index contributed by atoms with van der Waals surface area (Å²) < 4.78 is 41.0. The number of anilines is 1. The van der Waals surface area contributed by atoms with Crippen LogP contribution in [0.3, 0.4) is 0 Å². The largest absolute Gasteiger partial charge is 0.325 e. The molecule has 0 atom stereocenters. The molecular weight excluding hydrogens is 417 g/mol. The van der Waals surface area contributed by atoms with Gasteiger partial charge in [-0.05, 0) is 55.3 Å². The summed E-state index contributed by atoms with van der Waals surface area (Å²) in [7, 11) is -3.55. The van der Waals surface area contributed by atoms with Crippen molar-refractivity contribution < 1.29 is 22.5 Å². The Morgan fingerprint density at radius 1 is 1.14 bits per heavy atom. The fourth-order valence-electron chi connectivity index (χ4n) is 3.26. The van der Waals surface area contributed by atoms with Crippen molar-refractivity contribution in [2.45, 2.75) is 18.7 Å². The topological polar surface area (TPSA) is 70.9 Å². The van der Waals surface area contributed by atoms with E-state index in [2.05, 4.69) is 5.32 Å². The number of carbonyl (C=O) groups excluding carboxylic acids is 1. The predicted molar refractivity (Wildman–Crippen MR) is 110 cm³/mol. The van der Waals surface area contributed by atoms with Gasteiger partial charge in [-0.15, -0.1) is 0 Å². The standard InChI is InChI=1S/C20H23ClFN3O3S/c1-14-3-5-17(11-15(14)2)29(27,28)25-9-7-24(8-10-25)13-20(26)23-19-6-4-16(21)12-18(19)22/h3-6,11-12H,7-10,13H2,1-2H3,(H,23,26)/p+1. The van der Waals surface area contributed by atoms with E-state index in [1.807, 2.05) is 19.9 Å². The van der Waals surface area contributed by atoms with E-state index in [0.717, 1.165) is 22.1 Å². The molecule has 0 unspecified atom stereocenters. The first-order valence-corrected chi connectivity index (χ1v) is 11.1. The molecule has 0 radical (unpaired) electrons. The van der Waals surface area contributed by atoms with Gasteiger partial charge in [0.15, 0.2) is 6.54 Å². The molecule has 0 bridgehead atoms. The lowest BCUT2D eigenvalue weighted by molar-refractivity contribution is -0.895. The molecule has 1 fully saturated rings. The summed E-state index contributed by atoms with van der Waals surface area (Å²) in [4.78, 5) is 13.5. The first-order chi connectivity index (χ1) is 13.7. The van der Waals surface area contributed by atoms with Gasteiger partial charge >= 0.3 is 0 Å². The average molecular weight is 441 g/mol. The molecule has 1 aliphatic rings. The van der Waals surface area contributed by atoms with Crippen molar-refractivity contribution in [2.24, 2.45) is 0 Å². The Morgan fingerprint density at radius 3 is 2.45 bits per heavy atom. The second kappa shape index (κ2) is 8.79. The Hall–Kier alpha value is -2.00. The van der Waals surface area contributed by atoms with E-state index < -0.39 is 15.8 Å². The highest BCUT2D eigenvalue weighted by atomic mass is 35.5. The maximum absolute atomic E-state index is 13.8. The van der Waals surface area contributed by atoms with Crippen molar-refractivity contribution in [3.63, 3.8) is 0 Å². The molecule has 1 amide bonds. The van der Waals surface area contributed by atoms with E-state index >= 15 is 0 Å². The fraction of sp³-hybridized carbons (Fsp3) is 0.350. The number of halogens is 2. The third-order valence-electron chi connectivity index (χ3n) is 5.16. The summed E-state index contributed by atoms with van der Waals surface area (Å²) in [5, 5.41) is 2.79. The third kappa shape index (κ3) is 5.14. The first kappa shape index (κ1) is 21.7. The molecule has 1 aliphatic heterocycles. The summed E-state index contributed by atoms with van der Waals surface area (Å²) in [6.07, 6.45) is 0. The zero-order chi connectivity index (χ0) is 21.2. The quantitative estimate of drug-likeness (QED) is 0.742. The molecule has 0 aliphatic carbocycles. The number of rotatable bonds is 5. The molecule has 1 heterocycles. The lowest BCUT2D eigenvalue weighted by Gasteiger charge is -2.31. The van der Waals surface area contributed by atoms with Crippen LogP contribution in [0.4, 0.5) is 10.1 Å². The van der Waals surface area contributed by atoms with Crippen LogP contribution in [0.15, 0.2) is 41.3 Å². The molecular formula is C20H24ClFN3O3S+. The van der Waals surface area contributed by atoms with E-state index in [4.69, 9.17) is 11.6 Å². The van der Waals surface area contributed by atoms with Gasteiger partial charge in [0.25, 0.3) is 5.91 Å². The summed E-state index contributed by atoms with van der Waals surface area (Å²) in [5.41, 5.74) is 2.05. The van der Waals surface area contributed by atoms with E-state index in [1.165, 1.54) is 16.4 Å². The molecule has 156 valence electrons. The second-order valence-corrected chi connectivity index (χ2v) is 9.62. The molecule has 2 N–H and O–H groups in total. The van der Waals surface area contributed by atoms with Crippen molar-refractivity contribution in [2.75, 3.05) is 38.0 Å². The van der Waals surface area contributed by atoms with E-state index in [9.17, 15) is 17.6 Å². The van der Waals surface area contributed by atoms with Gasteiger partial charge in [-0.1, -0.05) is 17.7 Å². The van der Waals surface area contributed by atoms with Crippen molar-refractivity contribution in [3.05, 3.63) is 58.4 Å². The molecule has 0 aromatic heterocycles. The molecule has 29 heavy (non-hydrogen) atoms. The summed E-state index contributed by atoms with van der Waals surface area (Å²) in [6, 6.07) is 9.19. The Labute approximate surface area is 175 Å². The number of carbonyl (C=O) groups is 1. The maximum Gasteiger partial charge on any atom is 0.279 e. The van der Waals surface area contributed by atoms with Crippen molar-refractivity contribution in [1.29, 1.82) is 0 Å². The number of hydrogen-bond acceptors (Lipinski definition) is 3. The zero-order valence-corrected chi connectivity index (χ0v) is 17.9. The van der Waals surface area contributed by atoms with E-state index in [0.29, 0.717) is 31.1 Å². The number of piperazine rings is 1. The van der Waals surface area contributed by atoms with Gasteiger partial charge in [-0.25, -0.2) is 12.8 Å². The summed E-state index contributed by atoms with van der Waals surface area (Å²) in [5.74, 6) is -0.920. The Bertz CT molecular complexity index is 1020. The van der Waals surface area contributed by atoms with Gasteiger partial charge in [0.2, 0.25) is 10.0 Å². The number of aryl methyl sites for hydroxylation is 2. The Morgan fingerprint density at radius 2 is 1.83 bits per heavy atom. The highest BCUT2D eigenvalue weighted by Crippen LogP contribution is 2.20. The van der Waals surface area contributed by atoms with E-state index in [1.54, 1.807) is 12.1 Å². The van der Waals surface area contributed by atoms with Crippen LogP contribution in [-0.2, 0) is 14.8 Å². The van der Waals surface area contributed by atoms with Gasteiger partial charge in [0.05, 0.1) is 36.8 Å². The first-order valence-electron chi connectivity index (χ1n) is 9.32. The zero-order valence-electron chi connectivity index (χ0n) is 16.3. The number of benzene rings is 2. The minimum atomic E-state index is -3.55. The van der Waals surface area contributed by atoms with Crippen LogP contribution < -0.4 is 10.2 Å². The molecule has 2 aromatic rings. The number of hydrogen-bond donors (Lipinski definition) is 2. The Balaban J connectivity index is 1.57. The summed E-state index contributed by atoms with van der Waals surface area (Å²) in [6.45, 7) is 5.62. The van der Waals surface area contributed by atoms with Gasteiger partial charge in [0, 0.05) is 5.02 Å².